The Morgan fingerprint density at radius 1 is 1.71 bits per heavy atom. The third-order valence-corrected chi connectivity index (χ3v) is 4.20. The predicted octanol–water partition coefficient (Wildman–Crippen LogP) is 2.69. The number of nitriles is 1. The predicted molar refractivity (Wildman–Crippen MR) is 72.2 cm³/mol. The van der Waals surface area contributed by atoms with E-state index >= 15 is 0 Å². The highest BCUT2D eigenvalue weighted by Gasteiger charge is 2.26. The van der Waals surface area contributed by atoms with Gasteiger partial charge in [0.25, 0.3) is 0 Å². The SMILES string of the molecule is CCCNC(C)(C#N)CC(C)Sc1ncns1. The molecule has 17 heavy (non-hydrogen) atoms. The molecule has 2 atom stereocenters. The third kappa shape index (κ3) is 5.02. The lowest BCUT2D eigenvalue weighted by molar-refractivity contribution is 0.418. The molecule has 0 bridgehead atoms. The third-order valence-electron chi connectivity index (χ3n) is 2.35. The molecule has 4 nitrogen and oxygen atoms in total. The summed E-state index contributed by atoms with van der Waals surface area (Å²) in [6.07, 6.45) is 3.40. The van der Waals surface area contributed by atoms with Gasteiger partial charge in [0.05, 0.1) is 6.07 Å². The van der Waals surface area contributed by atoms with Gasteiger partial charge < -0.3 is 0 Å². The van der Waals surface area contributed by atoms with E-state index in [1.165, 1.54) is 11.5 Å². The highest BCUT2D eigenvalue weighted by molar-refractivity contribution is 8.01. The summed E-state index contributed by atoms with van der Waals surface area (Å²) >= 11 is 3.08. The van der Waals surface area contributed by atoms with Gasteiger partial charge in [-0.15, -0.1) is 0 Å². The Morgan fingerprint density at radius 3 is 3.00 bits per heavy atom. The molecular weight excluding hydrogens is 252 g/mol. The van der Waals surface area contributed by atoms with Crippen LogP contribution in [0.2, 0.25) is 0 Å². The molecule has 0 aliphatic heterocycles. The summed E-state index contributed by atoms with van der Waals surface area (Å²) in [5.74, 6) is 0. The number of hydrogen-bond donors (Lipinski definition) is 1. The largest absolute Gasteiger partial charge is 0.300 e. The van der Waals surface area contributed by atoms with Gasteiger partial charge in [-0.3, -0.25) is 5.32 Å². The lowest BCUT2D eigenvalue weighted by Crippen LogP contribution is -2.43. The Hall–Kier alpha value is -0.640. The molecular formula is C11H18N4S2. The highest BCUT2D eigenvalue weighted by atomic mass is 32.2. The topological polar surface area (TPSA) is 61.6 Å². The lowest BCUT2D eigenvalue weighted by atomic mass is 9.98. The Labute approximate surface area is 111 Å². The normalized spacial score (nSPS) is 16.1. The molecule has 0 amide bonds. The average Bonchev–Trinajstić information content (AvgIpc) is 2.79. The molecule has 1 heterocycles. The Kier molecular flexibility index (Phi) is 5.89. The van der Waals surface area contributed by atoms with E-state index in [0.29, 0.717) is 5.25 Å². The van der Waals surface area contributed by atoms with Crippen LogP contribution in [0, 0.1) is 11.3 Å². The molecule has 1 aromatic rings. The van der Waals surface area contributed by atoms with Crippen LogP contribution in [-0.2, 0) is 0 Å². The lowest BCUT2D eigenvalue weighted by Gasteiger charge is -2.25. The fraction of sp³-hybridized carbons (Fsp3) is 0.727. The van der Waals surface area contributed by atoms with Crippen molar-refractivity contribution in [3.8, 4) is 6.07 Å². The van der Waals surface area contributed by atoms with Crippen molar-refractivity contribution < 1.29 is 0 Å². The van der Waals surface area contributed by atoms with Crippen molar-refractivity contribution in [2.45, 2.75) is 48.7 Å². The number of nitrogens with one attached hydrogen (secondary N) is 1. The molecule has 0 fully saturated rings. The van der Waals surface area contributed by atoms with Crippen molar-refractivity contribution >= 4 is 23.3 Å². The van der Waals surface area contributed by atoms with E-state index in [0.717, 1.165) is 23.7 Å². The van der Waals surface area contributed by atoms with E-state index in [9.17, 15) is 5.26 Å². The summed E-state index contributed by atoms with van der Waals surface area (Å²) in [5, 5.41) is 12.9. The first-order valence-corrected chi connectivity index (χ1v) is 7.34. The zero-order valence-corrected chi connectivity index (χ0v) is 12.1. The zero-order valence-electron chi connectivity index (χ0n) is 10.4. The second-order valence-corrected chi connectivity index (χ2v) is 6.68. The second-order valence-electron chi connectivity index (χ2n) is 4.21. The van der Waals surface area contributed by atoms with Gasteiger partial charge >= 0.3 is 0 Å². The molecule has 2 unspecified atom stereocenters. The Balaban J connectivity index is 2.47. The fourth-order valence-electron chi connectivity index (χ4n) is 1.56. The van der Waals surface area contributed by atoms with Gasteiger partial charge in [-0.05, 0) is 37.8 Å². The number of aromatic nitrogens is 2. The quantitative estimate of drug-likeness (QED) is 0.772. The van der Waals surface area contributed by atoms with Crippen LogP contribution >= 0.6 is 23.3 Å². The molecule has 0 aliphatic rings. The number of hydrogen-bond acceptors (Lipinski definition) is 6. The van der Waals surface area contributed by atoms with Gasteiger partial charge in [-0.1, -0.05) is 25.6 Å². The first kappa shape index (κ1) is 14.4. The molecule has 0 aromatic carbocycles. The molecule has 1 N–H and O–H groups in total. The van der Waals surface area contributed by atoms with Gasteiger partial charge in [0.2, 0.25) is 0 Å². The summed E-state index contributed by atoms with van der Waals surface area (Å²) in [7, 11) is 0. The van der Waals surface area contributed by atoms with E-state index in [-0.39, 0.29) is 0 Å². The Morgan fingerprint density at radius 2 is 2.47 bits per heavy atom. The zero-order chi connectivity index (χ0) is 12.7. The van der Waals surface area contributed by atoms with Crippen molar-refractivity contribution in [3.63, 3.8) is 0 Å². The van der Waals surface area contributed by atoms with Crippen molar-refractivity contribution in [2.24, 2.45) is 0 Å². The minimum absolute atomic E-state index is 0.344. The highest BCUT2D eigenvalue weighted by Crippen LogP contribution is 2.28. The van der Waals surface area contributed by atoms with Crippen LogP contribution in [0.1, 0.15) is 33.6 Å². The summed E-state index contributed by atoms with van der Waals surface area (Å²) in [5.41, 5.74) is -0.451. The van der Waals surface area contributed by atoms with Gasteiger partial charge in [0, 0.05) is 5.25 Å². The molecule has 0 saturated heterocycles. The number of nitrogens with zero attached hydrogens (tertiary/aromatic N) is 3. The summed E-state index contributed by atoms with van der Waals surface area (Å²) < 4.78 is 4.94. The molecule has 1 rings (SSSR count). The van der Waals surface area contributed by atoms with Crippen LogP contribution in [0.3, 0.4) is 0 Å². The first-order valence-electron chi connectivity index (χ1n) is 5.69. The van der Waals surface area contributed by atoms with Crippen LogP contribution in [0.5, 0.6) is 0 Å². The van der Waals surface area contributed by atoms with E-state index in [1.807, 2.05) is 6.92 Å². The number of thioether (sulfide) groups is 1. The summed E-state index contributed by atoms with van der Waals surface area (Å²) in [6, 6.07) is 2.37. The second kappa shape index (κ2) is 6.94. The van der Waals surface area contributed by atoms with E-state index in [4.69, 9.17) is 0 Å². The number of rotatable bonds is 7. The Bertz CT molecular complexity index is 360. The van der Waals surface area contributed by atoms with Crippen LogP contribution in [0.4, 0.5) is 0 Å². The minimum atomic E-state index is -0.451. The molecule has 6 heteroatoms. The first-order chi connectivity index (χ1) is 8.09. The standard InChI is InChI=1S/C11H18N4S2/c1-4-5-14-11(3,7-12)6-9(2)16-10-13-8-15-17-10/h8-9,14H,4-6H2,1-3H3. The van der Waals surface area contributed by atoms with Crippen molar-refractivity contribution in [2.75, 3.05) is 6.54 Å². The van der Waals surface area contributed by atoms with Crippen molar-refractivity contribution in [3.05, 3.63) is 6.33 Å². The monoisotopic (exact) mass is 270 g/mol. The van der Waals surface area contributed by atoms with E-state index in [1.54, 1.807) is 18.1 Å². The molecule has 1 aromatic heterocycles. The molecule has 0 aliphatic carbocycles. The maximum Gasteiger partial charge on any atom is 0.170 e. The average molecular weight is 270 g/mol. The van der Waals surface area contributed by atoms with Crippen LogP contribution in [0.15, 0.2) is 10.7 Å². The summed E-state index contributed by atoms with van der Waals surface area (Å²) in [4.78, 5) is 4.14. The van der Waals surface area contributed by atoms with E-state index in [2.05, 4.69) is 34.6 Å². The van der Waals surface area contributed by atoms with E-state index < -0.39 is 5.54 Å². The fourth-order valence-corrected chi connectivity index (χ4v) is 3.50. The van der Waals surface area contributed by atoms with Crippen LogP contribution in [-0.4, -0.2) is 26.7 Å². The summed E-state index contributed by atoms with van der Waals surface area (Å²) in [6.45, 7) is 7.06. The van der Waals surface area contributed by atoms with Gasteiger partial charge in [0.15, 0.2) is 4.34 Å². The molecule has 94 valence electrons. The van der Waals surface area contributed by atoms with Crippen molar-refractivity contribution in [1.82, 2.24) is 14.7 Å². The molecule has 0 saturated carbocycles. The van der Waals surface area contributed by atoms with Gasteiger partial charge in [-0.2, -0.15) is 9.64 Å². The minimum Gasteiger partial charge on any atom is -0.300 e. The molecule has 0 radical (unpaired) electrons. The van der Waals surface area contributed by atoms with Gasteiger partial charge in [0.1, 0.15) is 11.9 Å². The van der Waals surface area contributed by atoms with Crippen LogP contribution < -0.4 is 5.32 Å². The van der Waals surface area contributed by atoms with Crippen molar-refractivity contribution in [1.29, 1.82) is 5.26 Å². The maximum atomic E-state index is 9.24. The van der Waals surface area contributed by atoms with Gasteiger partial charge in [-0.25, -0.2) is 4.98 Å². The smallest absolute Gasteiger partial charge is 0.170 e. The van der Waals surface area contributed by atoms with Crippen LogP contribution in [0.25, 0.3) is 0 Å². The molecule has 0 spiro atoms. The maximum absolute atomic E-state index is 9.24.